The van der Waals surface area contributed by atoms with Crippen LogP contribution in [0, 0.1) is 0 Å². The van der Waals surface area contributed by atoms with Crippen molar-refractivity contribution in [3.05, 3.63) is 57.6 Å². The van der Waals surface area contributed by atoms with Crippen LogP contribution < -0.4 is 9.47 Å². The Balaban J connectivity index is 2.02. The molecule has 2 aromatic carbocycles. The van der Waals surface area contributed by atoms with Crippen molar-refractivity contribution in [2.45, 2.75) is 0 Å². The summed E-state index contributed by atoms with van der Waals surface area (Å²) in [4.78, 5) is 0. The predicted molar refractivity (Wildman–Crippen MR) is 82.8 cm³/mol. The fraction of sp³-hybridized carbons (Fsp3) is 0.125. The Morgan fingerprint density at radius 1 is 1.10 bits per heavy atom. The summed E-state index contributed by atoms with van der Waals surface area (Å²) in [5, 5.41) is 1.26. The molecule has 1 heterocycles. The molecule has 102 valence electrons. The largest absolute Gasteiger partial charge is 0.497 e. The van der Waals surface area contributed by atoms with Crippen LogP contribution in [-0.4, -0.2) is 13.7 Å². The van der Waals surface area contributed by atoms with E-state index in [1.165, 1.54) is 0 Å². The molecule has 0 atom stereocenters. The fourth-order valence-electron chi connectivity index (χ4n) is 2.18. The van der Waals surface area contributed by atoms with E-state index in [-0.39, 0.29) is 0 Å². The molecule has 4 heteroatoms. The van der Waals surface area contributed by atoms with Gasteiger partial charge in [-0.3, -0.25) is 0 Å². The van der Waals surface area contributed by atoms with Gasteiger partial charge in [-0.1, -0.05) is 29.3 Å². The predicted octanol–water partition coefficient (Wildman–Crippen LogP) is 4.94. The van der Waals surface area contributed by atoms with E-state index in [4.69, 9.17) is 32.7 Å². The number of rotatable bonds is 2. The van der Waals surface area contributed by atoms with Gasteiger partial charge in [0, 0.05) is 21.7 Å². The molecule has 3 rings (SSSR count). The van der Waals surface area contributed by atoms with Crippen LogP contribution in [0.1, 0.15) is 11.1 Å². The minimum absolute atomic E-state index is 0.474. The summed E-state index contributed by atoms with van der Waals surface area (Å²) in [6.07, 6.45) is 2.08. The molecule has 2 nitrogen and oxygen atoms in total. The van der Waals surface area contributed by atoms with Gasteiger partial charge in [0.25, 0.3) is 0 Å². The number of halogens is 2. The van der Waals surface area contributed by atoms with Gasteiger partial charge in [0.1, 0.15) is 18.1 Å². The molecule has 2 aromatic rings. The zero-order valence-corrected chi connectivity index (χ0v) is 12.3. The SMILES string of the molecule is COc1ccc2c(c1)OCC(c1ccc(Cl)cc1Cl)=C2. The second kappa shape index (κ2) is 5.39. The number of benzene rings is 2. The summed E-state index contributed by atoms with van der Waals surface area (Å²) in [6, 6.07) is 11.2. The molecule has 20 heavy (non-hydrogen) atoms. The van der Waals surface area contributed by atoms with E-state index in [9.17, 15) is 0 Å². The third-order valence-corrected chi connectivity index (χ3v) is 3.76. The van der Waals surface area contributed by atoms with Crippen LogP contribution in [0.4, 0.5) is 0 Å². The van der Waals surface area contributed by atoms with Gasteiger partial charge in [0.15, 0.2) is 0 Å². The highest BCUT2D eigenvalue weighted by Gasteiger charge is 2.15. The van der Waals surface area contributed by atoms with Gasteiger partial charge >= 0.3 is 0 Å². The molecule has 0 aromatic heterocycles. The minimum Gasteiger partial charge on any atom is -0.497 e. The lowest BCUT2D eigenvalue weighted by Crippen LogP contribution is -2.07. The Kier molecular flexibility index (Phi) is 3.60. The van der Waals surface area contributed by atoms with Crippen LogP contribution in [0.3, 0.4) is 0 Å². The summed E-state index contributed by atoms with van der Waals surface area (Å²) in [7, 11) is 1.64. The first kappa shape index (κ1) is 13.3. The average molecular weight is 307 g/mol. The van der Waals surface area contributed by atoms with Crippen molar-refractivity contribution >= 4 is 34.9 Å². The molecule has 0 unspecified atom stereocenters. The smallest absolute Gasteiger partial charge is 0.130 e. The van der Waals surface area contributed by atoms with E-state index < -0.39 is 0 Å². The van der Waals surface area contributed by atoms with Crippen LogP contribution in [0.5, 0.6) is 11.5 Å². The summed E-state index contributed by atoms with van der Waals surface area (Å²) < 4.78 is 11.0. The Hall–Kier alpha value is -1.64. The lowest BCUT2D eigenvalue weighted by molar-refractivity contribution is 0.359. The van der Waals surface area contributed by atoms with Gasteiger partial charge in [-0.15, -0.1) is 0 Å². The van der Waals surface area contributed by atoms with Gasteiger partial charge in [-0.05, 0) is 41.5 Å². The van der Waals surface area contributed by atoms with Crippen LogP contribution in [-0.2, 0) is 0 Å². The first-order chi connectivity index (χ1) is 9.67. The van der Waals surface area contributed by atoms with E-state index in [2.05, 4.69) is 6.08 Å². The zero-order valence-electron chi connectivity index (χ0n) is 10.8. The second-order valence-corrected chi connectivity index (χ2v) is 5.33. The molecule has 1 aliphatic rings. The molecular formula is C16H12Cl2O2. The zero-order chi connectivity index (χ0) is 14.1. The minimum atomic E-state index is 0.474. The van der Waals surface area contributed by atoms with Crippen molar-refractivity contribution in [3.8, 4) is 11.5 Å². The molecular weight excluding hydrogens is 295 g/mol. The summed E-state index contributed by atoms with van der Waals surface area (Å²) in [5.74, 6) is 1.60. The Morgan fingerprint density at radius 2 is 1.95 bits per heavy atom. The second-order valence-electron chi connectivity index (χ2n) is 4.49. The van der Waals surface area contributed by atoms with Crippen LogP contribution >= 0.6 is 23.2 Å². The normalized spacial score (nSPS) is 13.2. The molecule has 0 radical (unpaired) electrons. The molecule has 0 saturated heterocycles. The molecule has 0 saturated carbocycles. The Morgan fingerprint density at radius 3 is 2.70 bits per heavy atom. The van der Waals surface area contributed by atoms with Gasteiger partial charge < -0.3 is 9.47 Å². The number of fused-ring (bicyclic) bond motifs is 1. The number of hydrogen-bond acceptors (Lipinski definition) is 2. The van der Waals surface area contributed by atoms with E-state index in [1.54, 1.807) is 13.2 Å². The van der Waals surface area contributed by atoms with E-state index in [0.717, 1.165) is 28.2 Å². The maximum Gasteiger partial charge on any atom is 0.130 e. The van der Waals surface area contributed by atoms with Crippen molar-refractivity contribution in [1.82, 2.24) is 0 Å². The molecule has 0 aliphatic carbocycles. The Bertz CT molecular complexity index is 693. The van der Waals surface area contributed by atoms with Crippen LogP contribution in [0.2, 0.25) is 10.0 Å². The Labute approximate surface area is 127 Å². The van der Waals surface area contributed by atoms with Crippen molar-refractivity contribution in [3.63, 3.8) is 0 Å². The highest BCUT2D eigenvalue weighted by molar-refractivity contribution is 6.35. The quantitative estimate of drug-likeness (QED) is 0.783. The van der Waals surface area contributed by atoms with E-state index >= 15 is 0 Å². The monoisotopic (exact) mass is 306 g/mol. The molecule has 0 spiro atoms. The standard InChI is InChI=1S/C16H12Cl2O2/c1-19-13-4-2-10-6-11(9-20-16(10)8-13)14-5-3-12(17)7-15(14)18/h2-8H,9H2,1H3. The topological polar surface area (TPSA) is 18.5 Å². The third-order valence-electron chi connectivity index (χ3n) is 3.21. The lowest BCUT2D eigenvalue weighted by Gasteiger charge is -2.19. The first-order valence-corrected chi connectivity index (χ1v) is 6.90. The maximum absolute atomic E-state index is 6.24. The number of methoxy groups -OCH3 is 1. The van der Waals surface area contributed by atoms with Crippen LogP contribution in [0.25, 0.3) is 11.6 Å². The third kappa shape index (κ3) is 2.49. The maximum atomic E-state index is 6.24. The summed E-state index contributed by atoms with van der Waals surface area (Å²) in [5.41, 5.74) is 2.99. The first-order valence-electron chi connectivity index (χ1n) is 6.14. The molecule has 0 bridgehead atoms. The van der Waals surface area contributed by atoms with Crippen molar-refractivity contribution in [1.29, 1.82) is 0 Å². The van der Waals surface area contributed by atoms with Crippen molar-refractivity contribution in [2.24, 2.45) is 0 Å². The van der Waals surface area contributed by atoms with Crippen LogP contribution in [0.15, 0.2) is 36.4 Å². The molecule has 0 N–H and O–H groups in total. The summed E-state index contributed by atoms with van der Waals surface area (Å²) in [6.45, 7) is 0.474. The number of hydrogen-bond donors (Lipinski definition) is 0. The number of ether oxygens (including phenoxy) is 2. The molecule has 1 aliphatic heterocycles. The van der Waals surface area contributed by atoms with E-state index in [1.807, 2.05) is 30.3 Å². The van der Waals surface area contributed by atoms with Crippen molar-refractivity contribution in [2.75, 3.05) is 13.7 Å². The fourth-order valence-corrected chi connectivity index (χ4v) is 2.71. The van der Waals surface area contributed by atoms with Crippen molar-refractivity contribution < 1.29 is 9.47 Å². The van der Waals surface area contributed by atoms with Gasteiger partial charge in [-0.2, -0.15) is 0 Å². The molecule has 0 amide bonds. The average Bonchev–Trinajstić information content (AvgIpc) is 2.46. The highest BCUT2D eigenvalue weighted by Crippen LogP contribution is 2.35. The van der Waals surface area contributed by atoms with E-state index in [0.29, 0.717) is 16.7 Å². The van der Waals surface area contributed by atoms with Gasteiger partial charge in [0.2, 0.25) is 0 Å². The summed E-state index contributed by atoms with van der Waals surface area (Å²) >= 11 is 12.2. The highest BCUT2D eigenvalue weighted by atomic mass is 35.5. The van der Waals surface area contributed by atoms with Gasteiger partial charge in [0.05, 0.1) is 7.11 Å². The lowest BCUT2D eigenvalue weighted by atomic mass is 10.0. The van der Waals surface area contributed by atoms with Gasteiger partial charge in [-0.25, -0.2) is 0 Å². The molecule has 0 fully saturated rings.